The van der Waals surface area contributed by atoms with Gasteiger partial charge in [0.1, 0.15) is 5.82 Å². The molecule has 7 heteroatoms. The van der Waals surface area contributed by atoms with E-state index in [0.717, 1.165) is 35.6 Å². The molecule has 1 saturated heterocycles. The Morgan fingerprint density at radius 3 is 3.12 bits per heavy atom. The van der Waals surface area contributed by atoms with E-state index in [-0.39, 0.29) is 12.0 Å². The van der Waals surface area contributed by atoms with Crippen LogP contribution in [-0.4, -0.2) is 44.0 Å². The van der Waals surface area contributed by atoms with Crippen LogP contribution in [0.5, 0.6) is 0 Å². The lowest BCUT2D eigenvalue weighted by Gasteiger charge is -2.16. The highest BCUT2D eigenvalue weighted by Crippen LogP contribution is 2.23. The van der Waals surface area contributed by atoms with Gasteiger partial charge in [0.05, 0.1) is 36.5 Å². The molecule has 1 aliphatic rings. The van der Waals surface area contributed by atoms with Gasteiger partial charge in [0.25, 0.3) is 0 Å². The minimum atomic E-state index is 0.195. The number of hydrogen-bond donors (Lipinski definition) is 2. The van der Waals surface area contributed by atoms with Crippen molar-refractivity contribution >= 4 is 11.0 Å². The summed E-state index contributed by atoms with van der Waals surface area (Å²) in [4.78, 5) is 8.98. The predicted molar refractivity (Wildman–Crippen MR) is 90.7 cm³/mol. The van der Waals surface area contributed by atoms with Crippen molar-refractivity contribution in [1.29, 1.82) is 0 Å². The van der Waals surface area contributed by atoms with E-state index in [1.54, 1.807) is 0 Å². The van der Waals surface area contributed by atoms with Gasteiger partial charge >= 0.3 is 0 Å². The number of benzene rings is 1. The molecule has 7 nitrogen and oxygen atoms in total. The van der Waals surface area contributed by atoms with Crippen molar-refractivity contribution in [3.63, 3.8) is 0 Å². The molecule has 3 aromatic rings. The van der Waals surface area contributed by atoms with Crippen molar-refractivity contribution in [2.75, 3.05) is 13.2 Å². The Morgan fingerprint density at radius 1 is 1.38 bits per heavy atom. The van der Waals surface area contributed by atoms with E-state index in [4.69, 9.17) is 4.74 Å². The normalized spacial score (nSPS) is 20.9. The van der Waals surface area contributed by atoms with Crippen LogP contribution in [0.3, 0.4) is 0 Å². The zero-order valence-corrected chi connectivity index (χ0v) is 14.0. The fraction of sp³-hybridized carbons (Fsp3) is 0.471. The Hall–Kier alpha value is -2.25. The van der Waals surface area contributed by atoms with E-state index in [0.29, 0.717) is 13.2 Å². The number of aromatic nitrogens is 5. The van der Waals surface area contributed by atoms with E-state index in [1.807, 2.05) is 17.9 Å². The van der Waals surface area contributed by atoms with Crippen molar-refractivity contribution in [2.24, 2.45) is 7.05 Å². The van der Waals surface area contributed by atoms with Crippen molar-refractivity contribution in [3.8, 4) is 0 Å². The smallest absolute Gasteiger partial charge is 0.157 e. The summed E-state index contributed by atoms with van der Waals surface area (Å²) in [6, 6.07) is 6.62. The average Bonchev–Trinajstić information content (AvgIpc) is 3.32. The minimum Gasteiger partial charge on any atom is -0.379 e. The van der Waals surface area contributed by atoms with Crippen LogP contribution < -0.4 is 5.32 Å². The Balaban J connectivity index is 1.45. The molecule has 2 N–H and O–H groups in total. The molecule has 24 heavy (non-hydrogen) atoms. The summed E-state index contributed by atoms with van der Waals surface area (Å²) >= 11 is 0. The van der Waals surface area contributed by atoms with Crippen LogP contribution in [0.15, 0.2) is 24.5 Å². The second-order valence-electron chi connectivity index (χ2n) is 6.30. The Labute approximate surface area is 140 Å². The molecule has 0 radical (unpaired) electrons. The topological polar surface area (TPSA) is 80.7 Å². The molecule has 1 aromatic carbocycles. The number of ether oxygens (including phenoxy) is 1. The molecule has 2 atom stereocenters. The van der Waals surface area contributed by atoms with Crippen molar-refractivity contribution < 1.29 is 4.74 Å². The number of nitrogens with one attached hydrogen (secondary N) is 2. The van der Waals surface area contributed by atoms with E-state index in [9.17, 15) is 0 Å². The second-order valence-corrected chi connectivity index (χ2v) is 6.30. The summed E-state index contributed by atoms with van der Waals surface area (Å²) in [5.74, 6) is 1.97. The van der Waals surface area contributed by atoms with Gasteiger partial charge in [-0.3, -0.25) is 5.10 Å². The molecule has 0 bridgehead atoms. The summed E-state index contributed by atoms with van der Waals surface area (Å²) in [6.45, 7) is 4.20. The first-order chi connectivity index (χ1) is 11.7. The lowest BCUT2D eigenvalue weighted by atomic mass is 10.0. The van der Waals surface area contributed by atoms with Crippen LogP contribution >= 0.6 is 0 Å². The second kappa shape index (κ2) is 6.33. The fourth-order valence-electron chi connectivity index (χ4n) is 3.18. The zero-order chi connectivity index (χ0) is 16.5. The average molecular weight is 326 g/mol. The molecular formula is C17H22N6O. The lowest BCUT2D eigenvalue weighted by molar-refractivity contribution is 0.187. The van der Waals surface area contributed by atoms with Crippen molar-refractivity contribution in [2.45, 2.75) is 31.8 Å². The molecular weight excluding hydrogens is 304 g/mol. The number of imidazole rings is 1. The summed E-state index contributed by atoms with van der Waals surface area (Å²) in [5, 5.41) is 10.9. The highest BCUT2D eigenvalue weighted by Gasteiger charge is 2.32. The van der Waals surface area contributed by atoms with Crippen LogP contribution in [0.1, 0.15) is 30.1 Å². The number of aromatic amines is 1. The number of nitrogens with zero attached hydrogens (tertiary/aromatic N) is 4. The summed E-state index contributed by atoms with van der Waals surface area (Å²) in [6.07, 6.45) is 2.71. The maximum Gasteiger partial charge on any atom is 0.157 e. The van der Waals surface area contributed by atoms with Crippen molar-refractivity contribution in [3.05, 3.63) is 41.7 Å². The molecule has 0 spiro atoms. The number of aryl methyl sites for hydroxylation is 2. The third-order valence-electron chi connectivity index (χ3n) is 4.65. The number of hydrogen-bond acceptors (Lipinski definition) is 5. The zero-order valence-electron chi connectivity index (χ0n) is 14.0. The molecule has 126 valence electrons. The Kier molecular flexibility index (Phi) is 4.03. The molecule has 0 saturated carbocycles. The number of fused-ring (bicyclic) bond motifs is 1. The standard InChI is InChI=1S/C17H22N6O/c1-3-16-20-17(22-21-16)12-8-24-9-14(12)18-7-11-4-5-15-13(6-11)19-10-23(15)2/h4-6,10,12,14,18H,3,7-9H2,1-2H3,(H,20,21,22)/t12-,14+/m1/s1. The molecule has 0 amide bonds. The monoisotopic (exact) mass is 326 g/mol. The van der Waals surface area contributed by atoms with Gasteiger partial charge in [-0.15, -0.1) is 0 Å². The van der Waals surface area contributed by atoms with Crippen molar-refractivity contribution in [1.82, 2.24) is 30.0 Å². The highest BCUT2D eigenvalue weighted by molar-refractivity contribution is 5.75. The highest BCUT2D eigenvalue weighted by atomic mass is 16.5. The van der Waals surface area contributed by atoms with Crippen LogP contribution in [0.25, 0.3) is 11.0 Å². The minimum absolute atomic E-state index is 0.195. The third kappa shape index (κ3) is 2.81. The van der Waals surface area contributed by atoms with Gasteiger partial charge in [-0.25, -0.2) is 9.97 Å². The Morgan fingerprint density at radius 2 is 2.29 bits per heavy atom. The number of H-pyrrole nitrogens is 1. The van der Waals surface area contributed by atoms with E-state index >= 15 is 0 Å². The Bertz CT molecular complexity index is 839. The summed E-state index contributed by atoms with van der Waals surface area (Å²) in [7, 11) is 2.01. The van der Waals surface area contributed by atoms with Gasteiger partial charge in [-0.05, 0) is 17.7 Å². The largest absolute Gasteiger partial charge is 0.379 e. The first-order valence-corrected chi connectivity index (χ1v) is 8.37. The van der Waals surface area contributed by atoms with Crippen LogP contribution in [0.2, 0.25) is 0 Å². The molecule has 3 heterocycles. The maximum atomic E-state index is 5.66. The fourth-order valence-corrected chi connectivity index (χ4v) is 3.18. The maximum absolute atomic E-state index is 5.66. The van der Waals surface area contributed by atoms with Crippen LogP contribution in [0.4, 0.5) is 0 Å². The molecule has 2 aromatic heterocycles. The van der Waals surface area contributed by atoms with Gasteiger partial charge in [-0.2, -0.15) is 5.10 Å². The summed E-state index contributed by atoms with van der Waals surface area (Å²) < 4.78 is 7.69. The van der Waals surface area contributed by atoms with E-state index < -0.39 is 0 Å². The van der Waals surface area contributed by atoms with Gasteiger partial charge in [0, 0.05) is 26.1 Å². The van der Waals surface area contributed by atoms with Crippen LogP contribution in [-0.2, 0) is 24.8 Å². The summed E-state index contributed by atoms with van der Waals surface area (Å²) in [5.41, 5.74) is 3.39. The first-order valence-electron chi connectivity index (χ1n) is 8.37. The first kappa shape index (κ1) is 15.3. The molecule has 0 unspecified atom stereocenters. The SMILES string of the molecule is CCc1nc([C@@H]2COC[C@@H]2NCc2ccc3c(c2)ncn3C)n[nH]1. The van der Waals surface area contributed by atoms with Gasteiger partial charge in [0.15, 0.2) is 5.82 Å². The van der Waals surface area contributed by atoms with Crippen LogP contribution in [0, 0.1) is 0 Å². The molecule has 0 aliphatic carbocycles. The quantitative estimate of drug-likeness (QED) is 0.743. The third-order valence-corrected chi connectivity index (χ3v) is 4.65. The van der Waals surface area contributed by atoms with Gasteiger partial charge in [0.2, 0.25) is 0 Å². The molecule has 1 aliphatic heterocycles. The van der Waals surface area contributed by atoms with Gasteiger partial charge in [-0.1, -0.05) is 13.0 Å². The molecule has 1 fully saturated rings. The number of rotatable bonds is 5. The van der Waals surface area contributed by atoms with E-state index in [1.165, 1.54) is 5.56 Å². The van der Waals surface area contributed by atoms with E-state index in [2.05, 4.69) is 50.6 Å². The lowest BCUT2D eigenvalue weighted by Crippen LogP contribution is -2.34. The molecule has 4 rings (SSSR count). The van der Waals surface area contributed by atoms with Gasteiger partial charge < -0.3 is 14.6 Å². The predicted octanol–water partition coefficient (Wildman–Crippen LogP) is 1.53.